The number of aliphatic hydroxyl groups excluding tert-OH is 1. The van der Waals surface area contributed by atoms with Crippen LogP contribution in [-0.4, -0.2) is 40.4 Å². The first-order valence-corrected chi connectivity index (χ1v) is 6.42. The standard InChI is InChI=1S/C12H14F3NO3S/c1-11(19,7-17)6-16-10(18)8-2-4-9(5-3-8)20-12(13,14)15/h2-5,17,19H,6-7H2,1H3,(H,16,18). The summed E-state index contributed by atoms with van der Waals surface area (Å²) in [6.45, 7) is 0.659. The summed E-state index contributed by atoms with van der Waals surface area (Å²) in [5.41, 5.74) is -5.64. The Labute approximate surface area is 118 Å². The van der Waals surface area contributed by atoms with E-state index in [2.05, 4.69) is 5.32 Å². The number of nitrogens with one attached hydrogen (secondary N) is 1. The lowest BCUT2D eigenvalue weighted by Crippen LogP contribution is -2.43. The van der Waals surface area contributed by atoms with Crippen molar-refractivity contribution in [3.05, 3.63) is 29.8 Å². The van der Waals surface area contributed by atoms with Gasteiger partial charge in [0, 0.05) is 17.0 Å². The molecular formula is C12H14F3NO3S. The third-order valence-corrected chi connectivity index (χ3v) is 3.06. The molecule has 1 rings (SSSR count). The summed E-state index contributed by atoms with van der Waals surface area (Å²) in [6.07, 6.45) is 0. The first-order chi connectivity index (χ1) is 9.13. The molecule has 0 aliphatic carbocycles. The summed E-state index contributed by atoms with van der Waals surface area (Å²) in [4.78, 5) is 11.7. The Kier molecular flexibility index (Phi) is 5.43. The maximum atomic E-state index is 12.1. The zero-order valence-electron chi connectivity index (χ0n) is 10.6. The van der Waals surface area contributed by atoms with Gasteiger partial charge in [0.2, 0.25) is 0 Å². The lowest BCUT2D eigenvalue weighted by molar-refractivity contribution is -0.0328. The van der Waals surface area contributed by atoms with Crippen LogP contribution in [0, 0.1) is 0 Å². The number of carbonyl (C=O) groups is 1. The molecule has 0 aliphatic rings. The average Bonchev–Trinajstić information content (AvgIpc) is 2.35. The van der Waals surface area contributed by atoms with Crippen LogP contribution >= 0.6 is 11.8 Å². The van der Waals surface area contributed by atoms with Gasteiger partial charge in [0.1, 0.15) is 5.60 Å². The number of thioether (sulfide) groups is 1. The topological polar surface area (TPSA) is 69.6 Å². The van der Waals surface area contributed by atoms with E-state index in [9.17, 15) is 23.1 Å². The zero-order valence-corrected chi connectivity index (χ0v) is 11.4. The molecule has 1 atom stereocenters. The van der Waals surface area contributed by atoms with Crippen LogP contribution < -0.4 is 5.32 Å². The van der Waals surface area contributed by atoms with E-state index in [4.69, 9.17) is 5.11 Å². The van der Waals surface area contributed by atoms with E-state index in [0.717, 1.165) is 0 Å². The van der Waals surface area contributed by atoms with Gasteiger partial charge in [-0.05, 0) is 43.0 Å². The molecule has 0 radical (unpaired) electrons. The van der Waals surface area contributed by atoms with Gasteiger partial charge in [0.25, 0.3) is 5.91 Å². The Hall–Kier alpha value is -1.25. The first kappa shape index (κ1) is 16.8. The summed E-state index contributed by atoms with van der Waals surface area (Å²) in [5.74, 6) is -0.540. The molecule has 1 aromatic carbocycles. The largest absolute Gasteiger partial charge is 0.446 e. The van der Waals surface area contributed by atoms with Crippen molar-refractivity contribution in [3.8, 4) is 0 Å². The summed E-state index contributed by atoms with van der Waals surface area (Å²) in [6, 6.07) is 4.91. The second-order valence-corrected chi connectivity index (χ2v) is 5.55. The number of aliphatic hydroxyl groups is 2. The molecule has 1 amide bonds. The summed E-state index contributed by atoms with van der Waals surface area (Å²) >= 11 is -0.262. The van der Waals surface area contributed by atoms with Gasteiger partial charge < -0.3 is 15.5 Å². The molecule has 0 saturated heterocycles. The molecule has 8 heteroatoms. The molecule has 0 aliphatic heterocycles. The van der Waals surface area contributed by atoms with Gasteiger partial charge in [-0.2, -0.15) is 13.2 Å². The molecule has 0 aromatic heterocycles. The van der Waals surface area contributed by atoms with Crippen LogP contribution in [0.2, 0.25) is 0 Å². The molecule has 112 valence electrons. The molecule has 0 bridgehead atoms. The molecule has 4 nitrogen and oxygen atoms in total. The third kappa shape index (κ3) is 5.81. The predicted molar refractivity (Wildman–Crippen MR) is 68.4 cm³/mol. The van der Waals surface area contributed by atoms with Crippen LogP contribution in [0.4, 0.5) is 13.2 Å². The second-order valence-electron chi connectivity index (χ2n) is 4.41. The van der Waals surface area contributed by atoms with E-state index >= 15 is 0 Å². The van der Waals surface area contributed by atoms with Crippen molar-refractivity contribution in [1.29, 1.82) is 0 Å². The number of hydrogen-bond acceptors (Lipinski definition) is 4. The minimum absolute atomic E-state index is 0.0172. The SMILES string of the molecule is CC(O)(CO)CNC(=O)c1ccc(SC(F)(F)F)cc1. The summed E-state index contributed by atoms with van der Waals surface area (Å²) in [7, 11) is 0. The van der Waals surface area contributed by atoms with Crippen LogP contribution in [-0.2, 0) is 0 Å². The Morgan fingerprint density at radius 3 is 2.30 bits per heavy atom. The number of halogens is 3. The van der Waals surface area contributed by atoms with Crippen LogP contribution in [0.25, 0.3) is 0 Å². The fourth-order valence-electron chi connectivity index (χ4n) is 1.24. The van der Waals surface area contributed by atoms with Gasteiger partial charge in [-0.3, -0.25) is 4.79 Å². The number of alkyl halides is 3. The van der Waals surface area contributed by atoms with E-state index < -0.39 is 23.6 Å². The molecule has 0 spiro atoms. The molecule has 0 fully saturated rings. The number of benzene rings is 1. The van der Waals surface area contributed by atoms with Gasteiger partial charge in [-0.25, -0.2) is 0 Å². The van der Waals surface area contributed by atoms with Crippen LogP contribution in [0.3, 0.4) is 0 Å². The molecule has 1 unspecified atom stereocenters. The fraction of sp³-hybridized carbons (Fsp3) is 0.417. The Balaban J connectivity index is 2.62. The van der Waals surface area contributed by atoms with Crippen molar-refractivity contribution in [3.63, 3.8) is 0 Å². The maximum Gasteiger partial charge on any atom is 0.446 e. The normalized spacial score (nSPS) is 14.7. The molecular weight excluding hydrogens is 295 g/mol. The van der Waals surface area contributed by atoms with E-state index in [1.807, 2.05) is 0 Å². The highest BCUT2D eigenvalue weighted by Gasteiger charge is 2.29. The third-order valence-electron chi connectivity index (χ3n) is 2.32. The van der Waals surface area contributed by atoms with Crippen molar-refractivity contribution in [2.24, 2.45) is 0 Å². The predicted octanol–water partition coefficient (Wildman–Crippen LogP) is 1.77. The van der Waals surface area contributed by atoms with Gasteiger partial charge >= 0.3 is 5.51 Å². The monoisotopic (exact) mass is 309 g/mol. The minimum atomic E-state index is -4.37. The van der Waals surface area contributed by atoms with E-state index in [-0.39, 0.29) is 28.8 Å². The van der Waals surface area contributed by atoms with Gasteiger partial charge in [-0.1, -0.05) is 0 Å². The lowest BCUT2D eigenvalue weighted by atomic mass is 10.1. The summed E-state index contributed by atoms with van der Waals surface area (Å²) < 4.78 is 36.4. The van der Waals surface area contributed by atoms with Gasteiger partial charge in [-0.15, -0.1) is 0 Å². The van der Waals surface area contributed by atoms with Crippen molar-refractivity contribution < 1.29 is 28.2 Å². The molecule has 3 N–H and O–H groups in total. The second kappa shape index (κ2) is 6.47. The van der Waals surface area contributed by atoms with E-state index in [0.29, 0.717) is 0 Å². The van der Waals surface area contributed by atoms with Crippen molar-refractivity contribution >= 4 is 17.7 Å². The quantitative estimate of drug-likeness (QED) is 0.725. The van der Waals surface area contributed by atoms with E-state index in [1.54, 1.807) is 0 Å². The number of rotatable bonds is 5. The highest BCUT2D eigenvalue weighted by molar-refractivity contribution is 8.00. The Morgan fingerprint density at radius 2 is 1.85 bits per heavy atom. The van der Waals surface area contributed by atoms with Crippen LogP contribution in [0.15, 0.2) is 29.2 Å². The highest BCUT2D eigenvalue weighted by atomic mass is 32.2. The molecule has 0 heterocycles. The maximum absolute atomic E-state index is 12.1. The van der Waals surface area contributed by atoms with E-state index in [1.165, 1.54) is 31.2 Å². The molecule has 1 aromatic rings. The first-order valence-electron chi connectivity index (χ1n) is 5.60. The van der Waals surface area contributed by atoms with Crippen molar-refractivity contribution in [1.82, 2.24) is 5.32 Å². The van der Waals surface area contributed by atoms with Gasteiger partial charge in [0.05, 0.1) is 6.61 Å². The summed E-state index contributed by atoms with van der Waals surface area (Å²) in [5, 5.41) is 20.7. The van der Waals surface area contributed by atoms with Crippen LogP contribution in [0.5, 0.6) is 0 Å². The Morgan fingerprint density at radius 1 is 1.30 bits per heavy atom. The lowest BCUT2D eigenvalue weighted by Gasteiger charge is -2.20. The average molecular weight is 309 g/mol. The van der Waals surface area contributed by atoms with Gasteiger partial charge in [0.15, 0.2) is 0 Å². The molecule has 20 heavy (non-hydrogen) atoms. The van der Waals surface area contributed by atoms with Crippen molar-refractivity contribution in [2.75, 3.05) is 13.2 Å². The number of amides is 1. The zero-order chi connectivity index (χ0) is 15.4. The number of hydrogen-bond donors (Lipinski definition) is 3. The van der Waals surface area contributed by atoms with Crippen LogP contribution in [0.1, 0.15) is 17.3 Å². The Bertz CT molecular complexity index is 460. The number of carbonyl (C=O) groups excluding carboxylic acids is 1. The molecule has 0 saturated carbocycles. The highest BCUT2D eigenvalue weighted by Crippen LogP contribution is 2.36. The minimum Gasteiger partial charge on any atom is -0.393 e. The van der Waals surface area contributed by atoms with Crippen molar-refractivity contribution in [2.45, 2.75) is 22.9 Å². The fourth-order valence-corrected chi connectivity index (χ4v) is 1.78. The smallest absolute Gasteiger partial charge is 0.393 e.